The Morgan fingerprint density at radius 1 is 1.41 bits per heavy atom. The summed E-state index contributed by atoms with van der Waals surface area (Å²) in [5, 5.41) is 5.42. The van der Waals surface area contributed by atoms with E-state index in [1.165, 1.54) is 0 Å². The highest BCUT2D eigenvalue weighted by molar-refractivity contribution is 7.17. The number of hydrogen-bond donors (Lipinski definition) is 1. The van der Waals surface area contributed by atoms with Crippen LogP contribution in [0.3, 0.4) is 0 Å². The maximum Gasteiger partial charge on any atom is 0.147 e. The molecule has 17 heavy (non-hydrogen) atoms. The van der Waals surface area contributed by atoms with Crippen LogP contribution >= 0.6 is 11.3 Å². The van der Waals surface area contributed by atoms with Crippen LogP contribution in [0, 0.1) is 0 Å². The molecule has 4 nitrogen and oxygen atoms in total. The Hall–Kier alpha value is -1.20. The maximum absolute atomic E-state index is 4.29. The first-order chi connectivity index (χ1) is 8.18. The molecule has 2 heterocycles. The van der Waals surface area contributed by atoms with Gasteiger partial charge in [0.15, 0.2) is 0 Å². The largest absolute Gasteiger partial charge is 0.367 e. The first kappa shape index (κ1) is 12.3. The van der Waals surface area contributed by atoms with Crippen LogP contribution < -0.4 is 5.32 Å². The molecule has 0 bridgehead atoms. The number of nitrogens with zero attached hydrogens (tertiary/aromatic N) is 3. The minimum Gasteiger partial charge on any atom is -0.367 e. The molecule has 1 N–H and O–H groups in total. The summed E-state index contributed by atoms with van der Waals surface area (Å²) in [6.07, 6.45) is 1.61. The van der Waals surface area contributed by atoms with Gasteiger partial charge in [-0.15, -0.1) is 11.3 Å². The molecule has 0 saturated heterocycles. The van der Waals surface area contributed by atoms with Crippen molar-refractivity contribution < 1.29 is 0 Å². The van der Waals surface area contributed by atoms with E-state index in [9.17, 15) is 0 Å². The molecule has 2 aromatic heterocycles. The molecule has 0 fully saturated rings. The molecule has 0 aliphatic carbocycles. The van der Waals surface area contributed by atoms with E-state index in [0.717, 1.165) is 29.1 Å². The molecule has 0 unspecified atom stereocenters. The van der Waals surface area contributed by atoms with E-state index in [-0.39, 0.29) is 0 Å². The summed E-state index contributed by atoms with van der Waals surface area (Å²) in [6, 6.07) is 2.59. The summed E-state index contributed by atoms with van der Waals surface area (Å²) in [6.45, 7) is 6.30. The molecule has 92 valence electrons. The lowest BCUT2D eigenvalue weighted by atomic mass is 10.3. The van der Waals surface area contributed by atoms with Crippen LogP contribution in [0.2, 0.25) is 0 Å². The highest BCUT2D eigenvalue weighted by atomic mass is 32.1. The first-order valence-electron chi connectivity index (χ1n) is 5.81. The standard InChI is InChI=1S/C12H18N4S/c1-9(2)16(3)6-5-13-12-11-10(4-7-17-11)14-8-15-12/h4,7-9H,5-6H2,1-3H3,(H,13,14,15). The fourth-order valence-electron chi connectivity index (χ4n) is 1.52. The Labute approximate surface area is 106 Å². The fraction of sp³-hybridized carbons (Fsp3) is 0.500. The van der Waals surface area contributed by atoms with Gasteiger partial charge in [0, 0.05) is 19.1 Å². The van der Waals surface area contributed by atoms with Gasteiger partial charge in [0.25, 0.3) is 0 Å². The van der Waals surface area contributed by atoms with Gasteiger partial charge in [-0.25, -0.2) is 9.97 Å². The van der Waals surface area contributed by atoms with E-state index in [1.54, 1.807) is 17.7 Å². The Morgan fingerprint density at radius 2 is 2.24 bits per heavy atom. The average molecular weight is 250 g/mol. The number of hydrogen-bond acceptors (Lipinski definition) is 5. The van der Waals surface area contributed by atoms with Crippen LogP contribution in [0.25, 0.3) is 10.2 Å². The number of likely N-dealkylation sites (N-methyl/N-ethyl adjacent to an activating group) is 1. The molecule has 0 amide bonds. The van der Waals surface area contributed by atoms with Crippen molar-refractivity contribution in [2.45, 2.75) is 19.9 Å². The predicted molar refractivity (Wildman–Crippen MR) is 73.7 cm³/mol. The number of fused-ring (bicyclic) bond motifs is 1. The second kappa shape index (κ2) is 5.42. The Morgan fingerprint density at radius 3 is 3.00 bits per heavy atom. The monoisotopic (exact) mass is 250 g/mol. The lowest BCUT2D eigenvalue weighted by molar-refractivity contribution is 0.284. The van der Waals surface area contributed by atoms with Crippen molar-refractivity contribution >= 4 is 27.4 Å². The fourth-order valence-corrected chi connectivity index (χ4v) is 2.33. The molecule has 0 aliphatic rings. The molecule has 2 rings (SSSR count). The van der Waals surface area contributed by atoms with E-state index >= 15 is 0 Å². The zero-order valence-electron chi connectivity index (χ0n) is 10.5. The SMILES string of the molecule is CC(C)N(C)CCNc1ncnc2ccsc12. The Kier molecular flexibility index (Phi) is 3.91. The highest BCUT2D eigenvalue weighted by Gasteiger charge is 2.05. The first-order valence-corrected chi connectivity index (χ1v) is 6.68. The quantitative estimate of drug-likeness (QED) is 0.885. The molecule has 5 heteroatoms. The van der Waals surface area contributed by atoms with Crippen molar-refractivity contribution in [3.63, 3.8) is 0 Å². The summed E-state index contributed by atoms with van der Waals surface area (Å²) in [5.74, 6) is 0.946. The van der Waals surface area contributed by atoms with E-state index in [1.807, 2.05) is 11.4 Å². The van der Waals surface area contributed by atoms with Crippen LogP contribution in [0.1, 0.15) is 13.8 Å². The summed E-state index contributed by atoms with van der Waals surface area (Å²) in [7, 11) is 2.13. The van der Waals surface area contributed by atoms with Gasteiger partial charge < -0.3 is 10.2 Å². The number of rotatable bonds is 5. The number of thiophene rings is 1. The predicted octanol–water partition coefficient (Wildman–Crippen LogP) is 2.44. The Bertz CT molecular complexity index is 480. The molecule has 0 aromatic carbocycles. The smallest absolute Gasteiger partial charge is 0.147 e. The summed E-state index contributed by atoms with van der Waals surface area (Å²) >= 11 is 1.68. The molecule has 0 radical (unpaired) electrons. The topological polar surface area (TPSA) is 41.0 Å². The van der Waals surface area contributed by atoms with Crippen molar-refractivity contribution in [1.82, 2.24) is 14.9 Å². The summed E-state index contributed by atoms with van der Waals surface area (Å²) < 4.78 is 1.14. The van der Waals surface area contributed by atoms with Crippen molar-refractivity contribution in [3.8, 4) is 0 Å². The van der Waals surface area contributed by atoms with Crippen LogP contribution in [0.5, 0.6) is 0 Å². The van der Waals surface area contributed by atoms with Crippen LogP contribution in [-0.2, 0) is 0 Å². The minimum absolute atomic E-state index is 0.573. The lowest BCUT2D eigenvalue weighted by Gasteiger charge is -2.21. The minimum atomic E-state index is 0.573. The third-order valence-corrected chi connectivity index (χ3v) is 3.79. The van der Waals surface area contributed by atoms with Crippen molar-refractivity contribution in [2.24, 2.45) is 0 Å². The van der Waals surface area contributed by atoms with E-state index in [4.69, 9.17) is 0 Å². The third kappa shape index (κ3) is 2.92. The van der Waals surface area contributed by atoms with Crippen LogP contribution in [-0.4, -0.2) is 41.0 Å². The number of aromatic nitrogens is 2. The van der Waals surface area contributed by atoms with Crippen LogP contribution in [0.4, 0.5) is 5.82 Å². The molecule has 0 spiro atoms. The lowest BCUT2D eigenvalue weighted by Crippen LogP contribution is -2.31. The second-order valence-corrected chi connectivity index (χ2v) is 5.27. The molecule has 0 atom stereocenters. The molecule has 0 saturated carbocycles. The van der Waals surface area contributed by atoms with Gasteiger partial charge in [-0.3, -0.25) is 0 Å². The van der Waals surface area contributed by atoms with Gasteiger partial charge in [-0.05, 0) is 32.3 Å². The van der Waals surface area contributed by atoms with Crippen molar-refractivity contribution in [1.29, 1.82) is 0 Å². The average Bonchev–Trinajstić information content (AvgIpc) is 2.77. The molecule has 0 aliphatic heterocycles. The van der Waals surface area contributed by atoms with Gasteiger partial charge in [0.2, 0.25) is 0 Å². The maximum atomic E-state index is 4.29. The van der Waals surface area contributed by atoms with Crippen molar-refractivity contribution in [2.75, 3.05) is 25.5 Å². The number of nitrogens with one attached hydrogen (secondary N) is 1. The van der Waals surface area contributed by atoms with Gasteiger partial charge >= 0.3 is 0 Å². The summed E-state index contributed by atoms with van der Waals surface area (Å²) in [5.41, 5.74) is 1.02. The third-order valence-electron chi connectivity index (χ3n) is 2.88. The summed E-state index contributed by atoms with van der Waals surface area (Å²) in [4.78, 5) is 10.8. The molecular weight excluding hydrogens is 232 g/mol. The second-order valence-electron chi connectivity index (χ2n) is 4.36. The Balaban J connectivity index is 1.97. The van der Waals surface area contributed by atoms with E-state index < -0.39 is 0 Å². The zero-order chi connectivity index (χ0) is 12.3. The normalized spacial score (nSPS) is 11.6. The highest BCUT2D eigenvalue weighted by Crippen LogP contribution is 2.24. The van der Waals surface area contributed by atoms with Gasteiger partial charge in [-0.1, -0.05) is 0 Å². The van der Waals surface area contributed by atoms with Gasteiger partial charge in [0.05, 0.1) is 10.2 Å². The zero-order valence-corrected chi connectivity index (χ0v) is 11.3. The van der Waals surface area contributed by atoms with Gasteiger partial charge in [-0.2, -0.15) is 0 Å². The van der Waals surface area contributed by atoms with Gasteiger partial charge in [0.1, 0.15) is 12.1 Å². The van der Waals surface area contributed by atoms with E-state index in [2.05, 4.69) is 41.1 Å². The van der Waals surface area contributed by atoms with Crippen LogP contribution in [0.15, 0.2) is 17.8 Å². The molecular formula is C12H18N4S. The van der Waals surface area contributed by atoms with Crippen molar-refractivity contribution in [3.05, 3.63) is 17.8 Å². The number of anilines is 1. The van der Waals surface area contributed by atoms with E-state index in [0.29, 0.717) is 6.04 Å². The molecule has 2 aromatic rings.